The molecule has 0 unspecified atom stereocenters. The molecule has 0 saturated heterocycles. The van der Waals surface area contributed by atoms with Crippen LogP contribution in [0.25, 0.3) is 11.0 Å². The Morgan fingerprint density at radius 2 is 2.05 bits per heavy atom. The average molecular weight is 266 g/mol. The number of hydrogen-bond acceptors (Lipinski definition) is 4. The maximum absolute atomic E-state index is 10.7. The fraction of sp³-hybridized carbons (Fsp3) is 0. The number of imidazole rings is 1. The fourth-order valence-corrected chi connectivity index (χ4v) is 1.85. The number of H-pyrrole nitrogens is 1. The van der Waals surface area contributed by atoms with E-state index in [9.17, 15) is 10.1 Å². The molecular weight excluding hydrogens is 256 g/mol. The molecule has 3 rings (SSSR count). The molecule has 0 aliphatic heterocycles. The number of non-ortho nitro benzene ring substituents is 1. The van der Waals surface area contributed by atoms with Gasteiger partial charge in [0.25, 0.3) is 5.69 Å². The lowest BCUT2D eigenvalue weighted by Gasteiger charge is -1.93. The second-order valence-electron chi connectivity index (χ2n) is 4.19. The van der Waals surface area contributed by atoms with Gasteiger partial charge < -0.3 is 4.98 Å². The van der Waals surface area contributed by atoms with Gasteiger partial charge in [-0.15, -0.1) is 0 Å². The number of fused-ring (bicyclic) bond motifs is 1. The summed E-state index contributed by atoms with van der Waals surface area (Å²) in [4.78, 5) is 21.8. The van der Waals surface area contributed by atoms with Crippen molar-refractivity contribution in [3.8, 4) is 0 Å². The molecule has 1 heterocycles. The van der Waals surface area contributed by atoms with Crippen LogP contribution >= 0.6 is 0 Å². The minimum Gasteiger partial charge on any atom is -0.322 e. The molecule has 2 aromatic carbocycles. The quantitative estimate of drug-likeness (QED) is 0.448. The van der Waals surface area contributed by atoms with Crippen LogP contribution in [0.3, 0.4) is 0 Å². The summed E-state index contributed by atoms with van der Waals surface area (Å²) in [5, 5.41) is 10.7. The van der Waals surface area contributed by atoms with Crippen LogP contribution in [0.1, 0.15) is 5.56 Å². The van der Waals surface area contributed by atoms with E-state index in [4.69, 9.17) is 0 Å². The van der Waals surface area contributed by atoms with Crippen LogP contribution in [0.15, 0.2) is 53.5 Å². The summed E-state index contributed by atoms with van der Waals surface area (Å²) in [7, 11) is 0. The highest BCUT2D eigenvalue weighted by molar-refractivity contribution is 5.83. The van der Waals surface area contributed by atoms with E-state index in [1.807, 2.05) is 24.3 Å². The van der Waals surface area contributed by atoms with Crippen molar-refractivity contribution >= 4 is 28.9 Å². The van der Waals surface area contributed by atoms with Crippen LogP contribution in [-0.2, 0) is 0 Å². The van der Waals surface area contributed by atoms with Crippen LogP contribution in [-0.4, -0.2) is 21.1 Å². The van der Waals surface area contributed by atoms with Crippen LogP contribution in [0, 0.1) is 10.1 Å². The van der Waals surface area contributed by atoms with Crippen molar-refractivity contribution in [2.75, 3.05) is 0 Å². The van der Waals surface area contributed by atoms with Crippen molar-refractivity contribution in [3.05, 3.63) is 64.2 Å². The Balaban J connectivity index is 1.89. The van der Waals surface area contributed by atoms with Gasteiger partial charge >= 0.3 is 0 Å². The zero-order valence-corrected chi connectivity index (χ0v) is 10.4. The summed E-state index contributed by atoms with van der Waals surface area (Å²) in [6.45, 7) is 0. The molecule has 1 aromatic heterocycles. The second-order valence-corrected chi connectivity index (χ2v) is 4.19. The first-order chi connectivity index (χ1) is 9.72. The number of rotatable bonds is 3. The highest BCUT2D eigenvalue weighted by atomic mass is 16.6. The summed E-state index contributed by atoms with van der Waals surface area (Å²) < 4.78 is 0. The average Bonchev–Trinajstić information content (AvgIpc) is 2.88. The Kier molecular flexibility index (Phi) is 2.96. The number of nitrogens with one attached hydrogen (secondary N) is 1. The summed E-state index contributed by atoms with van der Waals surface area (Å²) in [6, 6.07) is 13.9. The number of nitro groups is 1. The molecule has 0 amide bonds. The van der Waals surface area contributed by atoms with Crippen LogP contribution in [0.2, 0.25) is 0 Å². The van der Waals surface area contributed by atoms with Crippen molar-refractivity contribution in [2.24, 2.45) is 4.99 Å². The molecule has 0 bridgehead atoms. The predicted octanol–water partition coefficient (Wildman–Crippen LogP) is 3.22. The molecule has 0 aliphatic carbocycles. The fourth-order valence-electron chi connectivity index (χ4n) is 1.85. The summed E-state index contributed by atoms with van der Waals surface area (Å²) in [5.74, 6) is 0.470. The van der Waals surface area contributed by atoms with E-state index in [1.165, 1.54) is 12.1 Å². The van der Waals surface area contributed by atoms with Gasteiger partial charge in [0.2, 0.25) is 5.95 Å². The van der Waals surface area contributed by atoms with Gasteiger partial charge in [-0.3, -0.25) is 10.1 Å². The molecule has 20 heavy (non-hydrogen) atoms. The molecule has 0 atom stereocenters. The Bertz CT molecular complexity index is 775. The highest BCUT2D eigenvalue weighted by Crippen LogP contribution is 2.16. The first kappa shape index (κ1) is 12.0. The molecule has 0 spiro atoms. The molecule has 0 aliphatic rings. The van der Waals surface area contributed by atoms with Crippen molar-refractivity contribution in [3.63, 3.8) is 0 Å². The van der Waals surface area contributed by atoms with Gasteiger partial charge in [-0.1, -0.05) is 24.3 Å². The van der Waals surface area contributed by atoms with E-state index in [1.54, 1.807) is 18.3 Å². The third kappa shape index (κ3) is 2.39. The molecule has 0 radical (unpaired) electrons. The number of nitro benzene ring substituents is 1. The minimum atomic E-state index is -0.432. The SMILES string of the molecule is O=[N+]([O-])c1cccc(/C=N/c2nc3ccccc3[nH]2)c1. The molecule has 98 valence electrons. The minimum absolute atomic E-state index is 0.0403. The van der Waals surface area contributed by atoms with E-state index >= 15 is 0 Å². The van der Waals surface area contributed by atoms with Crippen molar-refractivity contribution in [2.45, 2.75) is 0 Å². The lowest BCUT2D eigenvalue weighted by atomic mass is 10.2. The monoisotopic (exact) mass is 266 g/mol. The standard InChI is InChI=1S/C14H10N4O2/c19-18(20)11-5-3-4-10(8-11)9-15-14-16-12-6-1-2-7-13(12)17-14/h1-9H,(H,16,17)/b15-9+. The smallest absolute Gasteiger partial charge is 0.270 e. The summed E-state index contributed by atoms with van der Waals surface area (Å²) in [6.07, 6.45) is 1.55. The van der Waals surface area contributed by atoms with E-state index < -0.39 is 4.92 Å². The Labute approximate surface area is 114 Å². The lowest BCUT2D eigenvalue weighted by Crippen LogP contribution is -1.89. The molecule has 3 aromatic rings. The normalized spacial score (nSPS) is 11.2. The molecule has 0 saturated carbocycles. The van der Waals surface area contributed by atoms with E-state index in [2.05, 4.69) is 15.0 Å². The second kappa shape index (κ2) is 4.93. The predicted molar refractivity (Wildman–Crippen MR) is 76.4 cm³/mol. The highest BCUT2D eigenvalue weighted by Gasteiger charge is 2.04. The van der Waals surface area contributed by atoms with Gasteiger partial charge in [0.1, 0.15) is 0 Å². The first-order valence-corrected chi connectivity index (χ1v) is 5.96. The van der Waals surface area contributed by atoms with Crippen LogP contribution < -0.4 is 0 Å². The van der Waals surface area contributed by atoms with Gasteiger partial charge in [0.05, 0.1) is 16.0 Å². The van der Waals surface area contributed by atoms with Gasteiger partial charge in [0, 0.05) is 18.3 Å². The number of nitrogens with zero attached hydrogens (tertiary/aromatic N) is 3. The largest absolute Gasteiger partial charge is 0.322 e. The van der Waals surface area contributed by atoms with Gasteiger partial charge in [-0.2, -0.15) is 0 Å². The van der Waals surface area contributed by atoms with Gasteiger partial charge in [-0.05, 0) is 17.7 Å². The maximum Gasteiger partial charge on any atom is 0.270 e. The molecule has 6 nitrogen and oxygen atoms in total. The number of aromatic amines is 1. The molecule has 1 N–H and O–H groups in total. The zero-order chi connectivity index (χ0) is 13.9. The molecule has 6 heteroatoms. The number of aliphatic imine (C=N–C) groups is 1. The van der Waals surface area contributed by atoms with Crippen molar-refractivity contribution in [1.82, 2.24) is 9.97 Å². The van der Waals surface area contributed by atoms with E-state index in [0.717, 1.165) is 11.0 Å². The first-order valence-electron chi connectivity index (χ1n) is 5.96. The Morgan fingerprint density at radius 3 is 2.85 bits per heavy atom. The number of aromatic nitrogens is 2. The maximum atomic E-state index is 10.7. The number of para-hydroxylation sites is 2. The number of benzene rings is 2. The Hall–Kier alpha value is -3.02. The number of hydrogen-bond donors (Lipinski definition) is 1. The van der Waals surface area contributed by atoms with Crippen molar-refractivity contribution in [1.29, 1.82) is 0 Å². The lowest BCUT2D eigenvalue weighted by molar-refractivity contribution is -0.384. The van der Waals surface area contributed by atoms with E-state index in [-0.39, 0.29) is 5.69 Å². The third-order valence-electron chi connectivity index (χ3n) is 2.79. The summed E-state index contributed by atoms with van der Waals surface area (Å²) in [5.41, 5.74) is 2.43. The van der Waals surface area contributed by atoms with Crippen LogP contribution in [0.5, 0.6) is 0 Å². The molecule has 0 fully saturated rings. The third-order valence-corrected chi connectivity index (χ3v) is 2.79. The van der Waals surface area contributed by atoms with Crippen molar-refractivity contribution < 1.29 is 4.92 Å². The van der Waals surface area contributed by atoms with E-state index in [0.29, 0.717) is 11.5 Å². The van der Waals surface area contributed by atoms with Gasteiger partial charge in [-0.25, -0.2) is 9.98 Å². The molecular formula is C14H10N4O2. The topological polar surface area (TPSA) is 84.2 Å². The zero-order valence-electron chi connectivity index (χ0n) is 10.4. The van der Waals surface area contributed by atoms with Crippen LogP contribution in [0.4, 0.5) is 11.6 Å². The van der Waals surface area contributed by atoms with Gasteiger partial charge in [0.15, 0.2) is 0 Å². The summed E-state index contributed by atoms with van der Waals surface area (Å²) >= 11 is 0. The Morgan fingerprint density at radius 1 is 1.20 bits per heavy atom.